The fourth-order valence-electron chi connectivity index (χ4n) is 1.30. The quantitative estimate of drug-likeness (QED) is 0.203. The summed E-state index contributed by atoms with van der Waals surface area (Å²) in [5.74, 6) is -1.56. The van der Waals surface area contributed by atoms with Gasteiger partial charge in [0.25, 0.3) is 0 Å². The van der Waals surface area contributed by atoms with Crippen LogP contribution in [0.3, 0.4) is 0 Å². The average Bonchev–Trinajstić information content (AvgIpc) is 2.45. The van der Waals surface area contributed by atoms with E-state index in [0.29, 0.717) is 0 Å². The molecule has 24 heavy (non-hydrogen) atoms. The van der Waals surface area contributed by atoms with Gasteiger partial charge in [-0.3, -0.25) is 4.79 Å². The van der Waals surface area contributed by atoms with E-state index in [4.69, 9.17) is 0 Å². The van der Waals surface area contributed by atoms with Gasteiger partial charge in [-0.05, 0) is 0 Å². The normalized spacial score (nSPS) is 19.4. The first-order valence-corrected chi connectivity index (χ1v) is 8.84. The number of phosphoric acid groups is 2. The average molecular weight is 396 g/mol. The molecule has 0 aromatic heterocycles. The molecule has 0 aliphatic heterocycles. The van der Waals surface area contributed by atoms with Gasteiger partial charge in [0.2, 0.25) is 0 Å². The lowest BCUT2D eigenvalue weighted by molar-refractivity contribution is -0.344. The van der Waals surface area contributed by atoms with Crippen molar-refractivity contribution in [1.29, 1.82) is 0 Å². The third-order valence-corrected chi connectivity index (χ3v) is 3.43. The van der Waals surface area contributed by atoms with E-state index in [1.165, 1.54) is 0 Å². The van der Waals surface area contributed by atoms with Gasteiger partial charge in [-0.15, -0.1) is 0 Å². The molecule has 0 aromatic carbocycles. The molecule has 5 atom stereocenters. The fraction of sp³-hybridized carbons (Fsp3) is 0.875. The zero-order valence-electron chi connectivity index (χ0n) is 11.6. The van der Waals surface area contributed by atoms with E-state index in [2.05, 4.69) is 9.05 Å². The SMILES string of the molecule is O=C(COP(=O)([O-])[O-])C(O)C(O)[C@H](O)[C@H](O)[C@H](O)COP(=O)([O-])[O-]. The van der Waals surface area contributed by atoms with Gasteiger partial charge in [-0.25, -0.2) is 0 Å². The summed E-state index contributed by atoms with van der Waals surface area (Å²) in [5, 5.41) is 46.9. The van der Waals surface area contributed by atoms with Crippen molar-refractivity contribution in [3.8, 4) is 0 Å². The van der Waals surface area contributed by atoms with Gasteiger partial charge in [0.05, 0.1) is 22.3 Å². The first-order valence-electron chi connectivity index (χ1n) is 5.92. The zero-order valence-corrected chi connectivity index (χ0v) is 13.4. The molecule has 14 nitrogen and oxygen atoms in total. The highest BCUT2D eigenvalue weighted by molar-refractivity contribution is 7.43. The molecule has 0 aromatic rings. The molecule has 0 spiro atoms. The largest absolute Gasteiger partial charge is 0.790 e. The summed E-state index contributed by atoms with van der Waals surface area (Å²) in [6.45, 7) is -2.76. The molecule has 0 amide bonds. The second kappa shape index (κ2) is 9.40. The Balaban J connectivity index is 4.65. The molecule has 0 aliphatic carbocycles. The van der Waals surface area contributed by atoms with Crippen LogP contribution in [0.5, 0.6) is 0 Å². The zero-order chi connectivity index (χ0) is 19.3. The number of ketones is 1. The van der Waals surface area contributed by atoms with Crippen LogP contribution in [-0.2, 0) is 23.0 Å². The van der Waals surface area contributed by atoms with Gasteiger partial charge >= 0.3 is 0 Å². The Bertz CT molecular complexity index is 497. The molecule has 144 valence electrons. The smallest absolute Gasteiger partial charge is 0.189 e. The lowest BCUT2D eigenvalue weighted by atomic mass is 9.97. The lowest BCUT2D eigenvalue weighted by Gasteiger charge is -2.33. The minimum Gasteiger partial charge on any atom is -0.790 e. The van der Waals surface area contributed by atoms with Crippen molar-refractivity contribution in [2.24, 2.45) is 0 Å². The van der Waals surface area contributed by atoms with E-state index in [9.17, 15) is 59.0 Å². The summed E-state index contributed by atoms with van der Waals surface area (Å²) >= 11 is 0. The van der Waals surface area contributed by atoms with Crippen molar-refractivity contribution in [2.75, 3.05) is 13.2 Å². The molecule has 2 unspecified atom stereocenters. The summed E-state index contributed by atoms with van der Waals surface area (Å²) in [6.07, 6.45) is -12.1. The van der Waals surface area contributed by atoms with E-state index >= 15 is 0 Å². The van der Waals surface area contributed by atoms with Gasteiger partial charge in [-0.1, -0.05) is 0 Å². The summed E-state index contributed by atoms with van der Waals surface area (Å²) in [7, 11) is -11.0. The third kappa shape index (κ3) is 9.25. The van der Waals surface area contributed by atoms with E-state index in [1.807, 2.05) is 0 Å². The van der Waals surface area contributed by atoms with Crippen LogP contribution < -0.4 is 19.6 Å². The number of Topliss-reactive ketones (excluding diaryl/α,β-unsaturated/α-hetero) is 1. The summed E-state index contributed by atoms with van der Waals surface area (Å²) in [5.41, 5.74) is 0. The lowest BCUT2D eigenvalue weighted by Crippen LogP contribution is -2.52. The predicted molar refractivity (Wildman–Crippen MR) is 62.2 cm³/mol. The molecule has 0 aliphatic rings. The van der Waals surface area contributed by atoms with E-state index < -0.39 is 65.2 Å². The van der Waals surface area contributed by atoms with Crippen LogP contribution in [-0.4, -0.2) is 75.0 Å². The number of hydrogen-bond acceptors (Lipinski definition) is 14. The Morgan fingerprint density at radius 3 is 1.71 bits per heavy atom. The molecule has 0 saturated heterocycles. The highest BCUT2D eigenvalue weighted by Crippen LogP contribution is 2.26. The molecular weight excluding hydrogens is 382 g/mol. The Hall–Kier alpha value is -0.310. The minimum atomic E-state index is -5.54. The summed E-state index contributed by atoms with van der Waals surface area (Å²) in [6, 6.07) is 0. The van der Waals surface area contributed by atoms with Gasteiger partial charge in [-0.2, -0.15) is 0 Å². The molecule has 5 N–H and O–H groups in total. The molecule has 0 rings (SSSR count). The standard InChI is InChI=1S/C8H18O14P2/c9-3(1-21-23(15,16)17)5(11)7(13)8(14)6(12)4(10)2-22-24(18,19)20/h3,5-9,11-14H,1-2H2,(H2,15,16,17)(H2,18,19,20)/p-4/t3-,5-,6?,7-,8?/m1/s1. The maximum Gasteiger partial charge on any atom is 0.189 e. The van der Waals surface area contributed by atoms with Crippen molar-refractivity contribution in [3.63, 3.8) is 0 Å². The number of hydrogen-bond donors (Lipinski definition) is 5. The maximum atomic E-state index is 11.3. The van der Waals surface area contributed by atoms with Gasteiger partial charge in [0.15, 0.2) is 5.78 Å². The number of aliphatic hydroxyl groups excluding tert-OH is 5. The van der Waals surface area contributed by atoms with Crippen molar-refractivity contribution in [1.82, 2.24) is 0 Å². The van der Waals surface area contributed by atoms with Crippen molar-refractivity contribution in [2.45, 2.75) is 30.5 Å². The van der Waals surface area contributed by atoms with E-state index in [0.717, 1.165) is 0 Å². The van der Waals surface area contributed by atoms with Crippen LogP contribution in [0.2, 0.25) is 0 Å². The molecule has 16 heteroatoms. The highest BCUT2D eigenvalue weighted by atomic mass is 31.2. The number of phosphoric ester groups is 2. The van der Waals surface area contributed by atoms with Gasteiger partial charge in [0.1, 0.15) is 37.1 Å². The number of carbonyl (C=O) groups excluding carboxylic acids is 1. The molecule has 0 fully saturated rings. The highest BCUT2D eigenvalue weighted by Gasteiger charge is 2.37. The Labute approximate surface area is 134 Å². The van der Waals surface area contributed by atoms with Crippen molar-refractivity contribution in [3.05, 3.63) is 0 Å². The van der Waals surface area contributed by atoms with Crippen molar-refractivity contribution >= 4 is 21.4 Å². The van der Waals surface area contributed by atoms with Crippen LogP contribution in [0.4, 0.5) is 0 Å². The third-order valence-electron chi connectivity index (χ3n) is 2.52. The predicted octanol–water partition coefficient (Wildman–Crippen LogP) is -6.95. The summed E-state index contributed by atoms with van der Waals surface area (Å²) < 4.78 is 27.5. The molecule has 0 bridgehead atoms. The minimum absolute atomic E-state index is 1.29. The fourth-order valence-corrected chi connectivity index (χ4v) is 1.92. The number of rotatable bonds is 11. The second-order valence-electron chi connectivity index (χ2n) is 4.41. The van der Waals surface area contributed by atoms with E-state index in [-0.39, 0.29) is 0 Å². The van der Waals surface area contributed by atoms with Crippen LogP contribution in [0.15, 0.2) is 0 Å². The topological polar surface area (TPSA) is 263 Å². The van der Waals surface area contributed by atoms with Crippen LogP contribution in [0.25, 0.3) is 0 Å². The van der Waals surface area contributed by atoms with Crippen molar-refractivity contribution < 1.29 is 68.1 Å². The molecule has 0 saturated carbocycles. The van der Waals surface area contributed by atoms with Gasteiger partial charge in [0, 0.05) is 0 Å². The Morgan fingerprint density at radius 2 is 1.29 bits per heavy atom. The monoisotopic (exact) mass is 396 g/mol. The second-order valence-corrected chi connectivity index (χ2v) is 6.72. The number of carbonyl (C=O) groups is 1. The van der Waals surface area contributed by atoms with Crippen LogP contribution in [0, 0.1) is 0 Å². The first-order chi connectivity index (χ1) is 10.7. The Kier molecular flexibility index (Phi) is 9.28. The number of aliphatic hydroxyl groups is 5. The Morgan fingerprint density at radius 1 is 0.833 bits per heavy atom. The summed E-state index contributed by atoms with van der Waals surface area (Å²) in [4.78, 5) is 51.9. The maximum absolute atomic E-state index is 11.3. The van der Waals surface area contributed by atoms with E-state index in [1.54, 1.807) is 0 Å². The van der Waals surface area contributed by atoms with Crippen LogP contribution in [0.1, 0.15) is 0 Å². The van der Waals surface area contributed by atoms with Gasteiger partial charge < -0.3 is 63.3 Å². The van der Waals surface area contributed by atoms with Crippen LogP contribution >= 0.6 is 15.6 Å². The first kappa shape index (κ1) is 23.7. The molecular formula is C8H14O14P2-4. The molecule has 0 radical (unpaired) electrons. The molecule has 0 heterocycles.